The Morgan fingerprint density at radius 2 is 1.07 bits per heavy atom. The van der Waals surface area contributed by atoms with E-state index in [4.69, 9.17) is 38.0 Å². The van der Waals surface area contributed by atoms with Crippen LogP contribution in [0, 0.1) is 0 Å². The zero-order valence-electron chi connectivity index (χ0n) is 48.7. The molecular formula is C55H65N3O26S5-4. The minimum absolute atomic E-state index is 0.00387. The van der Waals surface area contributed by atoms with Gasteiger partial charge in [-0.05, 0) is 97.8 Å². The van der Waals surface area contributed by atoms with Gasteiger partial charge in [-0.3, -0.25) is 9.59 Å². The molecule has 89 heavy (non-hydrogen) atoms. The largest absolute Gasteiger partial charge is 0.748 e. The van der Waals surface area contributed by atoms with E-state index >= 15 is 0 Å². The van der Waals surface area contributed by atoms with Crippen molar-refractivity contribution in [3.8, 4) is 0 Å². The second-order valence-electron chi connectivity index (χ2n) is 21.2. The Bertz CT molecular complexity index is 4020. The lowest BCUT2D eigenvalue weighted by atomic mass is 9.75. The van der Waals surface area contributed by atoms with Crippen LogP contribution in [-0.4, -0.2) is 210 Å². The van der Waals surface area contributed by atoms with Crippen molar-refractivity contribution >= 4 is 107 Å². The first-order valence-corrected chi connectivity index (χ1v) is 34.7. The Balaban J connectivity index is 1.06. The molecule has 1 fully saturated rings. The van der Waals surface area contributed by atoms with E-state index < -0.39 is 105 Å². The normalized spacial score (nSPS) is 17.8. The minimum Gasteiger partial charge on any atom is -0.748 e. The van der Waals surface area contributed by atoms with Crippen molar-refractivity contribution in [2.45, 2.75) is 83.3 Å². The molecule has 0 aromatic heterocycles. The predicted octanol–water partition coefficient (Wildman–Crippen LogP) is 2.27. The van der Waals surface area contributed by atoms with Crippen LogP contribution in [-0.2, 0) is 114 Å². The Labute approximate surface area is 514 Å². The van der Waals surface area contributed by atoms with Gasteiger partial charge in [-0.1, -0.05) is 12.1 Å². The Kier molecular flexibility index (Phi) is 23.2. The van der Waals surface area contributed by atoms with Crippen molar-refractivity contribution in [2.24, 2.45) is 0 Å². The molecule has 0 spiro atoms. The van der Waals surface area contributed by atoms with Gasteiger partial charge in [-0.15, -0.1) is 5.06 Å². The van der Waals surface area contributed by atoms with E-state index in [2.05, 4.69) is 0 Å². The van der Waals surface area contributed by atoms with Crippen LogP contribution in [0.1, 0.15) is 64.0 Å². The molecule has 0 aliphatic carbocycles. The van der Waals surface area contributed by atoms with Crippen molar-refractivity contribution < 1.29 is 122 Å². The highest BCUT2D eigenvalue weighted by molar-refractivity contribution is 7.87. The van der Waals surface area contributed by atoms with Crippen LogP contribution in [0.5, 0.6) is 0 Å². The molecule has 2 amide bonds. The molecular weight excluding hydrogens is 1280 g/mol. The molecule has 3 heterocycles. The van der Waals surface area contributed by atoms with Gasteiger partial charge < -0.3 is 65.7 Å². The summed E-state index contributed by atoms with van der Waals surface area (Å²) in [6.07, 6.45) is 4.24. The van der Waals surface area contributed by atoms with Gasteiger partial charge in [0.2, 0.25) is 5.69 Å². The molecule has 0 N–H and O–H groups in total. The van der Waals surface area contributed by atoms with Crippen LogP contribution in [0.3, 0.4) is 0 Å². The maximum Gasteiger partial charge on any atom is 0.335 e. The summed E-state index contributed by atoms with van der Waals surface area (Å²) in [4.78, 5) is 37.4. The summed E-state index contributed by atoms with van der Waals surface area (Å²) < 4.78 is 228. The van der Waals surface area contributed by atoms with Crippen LogP contribution in [0.2, 0.25) is 0 Å². The van der Waals surface area contributed by atoms with E-state index in [-0.39, 0.29) is 158 Å². The average Bonchev–Trinajstić information content (AvgIpc) is 1.62. The number of rotatable bonds is 35. The summed E-state index contributed by atoms with van der Waals surface area (Å²) in [6.45, 7) is 7.38. The molecule has 0 saturated carbocycles. The number of ether oxygens (including phenoxy) is 7. The molecule has 0 radical (unpaired) electrons. The number of benzene rings is 4. The molecule has 490 valence electrons. The molecule has 29 nitrogen and oxygen atoms in total. The Hall–Kier alpha value is -5.77. The first kappa shape index (κ1) is 70.7. The second-order valence-corrected chi connectivity index (χ2v) is 28.1. The lowest BCUT2D eigenvalue weighted by Crippen LogP contribution is -2.32. The minimum atomic E-state index is -5.44. The topological polar surface area (TPSA) is 421 Å². The van der Waals surface area contributed by atoms with Crippen molar-refractivity contribution in [2.75, 3.05) is 117 Å². The number of allylic oxidation sites excluding steroid dienone is 4. The SMILES string of the molecule is COCCN1/C(=C/C=C/C2=[N+](CCOCCOCCOCCOCCOCCOCCC(=O)ON3C(=O)CCC3=O)c3ccc4c(S(=O)(=O)[O-])cc(S(=O)(=O)[O-])cc4c3C2(C)C)C(C)(CCCS(=O)(=O)[O-])c2c1ccc1c(S(=O)(=O)[O-])cc(S(=O)(=O)[O-])cc21. The zero-order valence-corrected chi connectivity index (χ0v) is 52.8. The third kappa shape index (κ3) is 17.4. The number of imide groups is 1. The van der Waals surface area contributed by atoms with E-state index in [0.717, 1.165) is 12.1 Å². The first-order valence-electron chi connectivity index (χ1n) is 27.5. The fourth-order valence-electron chi connectivity index (χ4n) is 10.9. The van der Waals surface area contributed by atoms with Crippen molar-refractivity contribution in [1.29, 1.82) is 0 Å². The molecule has 1 unspecified atom stereocenters. The molecule has 3 aliphatic rings. The summed E-state index contributed by atoms with van der Waals surface area (Å²) >= 11 is 0. The fraction of sp³-hybridized carbons (Fsp3) is 0.491. The monoisotopic (exact) mass is 1340 g/mol. The lowest BCUT2D eigenvalue weighted by Gasteiger charge is -2.31. The highest BCUT2D eigenvalue weighted by atomic mass is 32.2. The molecule has 0 bridgehead atoms. The van der Waals surface area contributed by atoms with Gasteiger partial charge in [0, 0.05) is 72.1 Å². The summed E-state index contributed by atoms with van der Waals surface area (Å²) in [5.41, 5.74) is -0.642. The number of amides is 2. The van der Waals surface area contributed by atoms with E-state index in [9.17, 15) is 79.2 Å². The number of fused-ring (bicyclic) bond motifs is 6. The van der Waals surface area contributed by atoms with Gasteiger partial charge in [-0.25, -0.2) is 46.9 Å². The average molecular weight is 1340 g/mol. The first-order chi connectivity index (χ1) is 41.7. The van der Waals surface area contributed by atoms with Gasteiger partial charge in [-0.2, -0.15) is 4.58 Å². The summed E-state index contributed by atoms with van der Waals surface area (Å²) in [5, 5.41) is -0.131. The number of hydrogen-bond donors (Lipinski definition) is 0. The number of nitrogens with zero attached hydrogens (tertiary/aromatic N) is 3. The number of hydrogen-bond acceptors (Lipinski definition) is 27. The second kappa shape index (κ2) is 29.2. The third-order valence-corrected chi connectivity index (χ3v) is 19.0. The van der Waals surface area contributed by atoms with Crippen molar-refractivity contribution in [3.05, 3.63) is 83.6 Å². The van der Waals surface area contributed by atoms with E-state index in [1.165, 1.54) is 31.4 Å². The molecule has 4 aromatic rings. The van der Waals surface area contributed by atoms with Crippen LogP contribution < -0.4 is 4.90 Å². The third-order valence-electron chi connectivity index (χ3n) is 14.8. The number of hydroxylamine groups is 2. The molecule has 1 atom stereocenters. The molecule has 7 rings (SSSR count). The highest BCUT2D eigenvalue weighted by Crippen LogP contribution is 2.54. The number of carbonyl (C=O) groups excluding carboxylic acids is 3. The van der Waals surface area contributed by atoms with E-state index in [1.807, 2.05) is 0 Å². The molecule has 3 aliphatic heterocycles. The smallest absolute Gasteiger partial charge is 0.335 e. The maximum atomic E-state index is 12.7. The zero-order chi connectivity index (χ0) is 65.3. The van der Waals surface area contributed by atoms with Gasteiger partial charge in [0.1, 0.15) is 47.1 Å². The Morgan fingerprint density at radius 3 is 1.54 bits per heavy atom. The van der Waals surface area contributed by atoms with Crippen molar-refractivity contribution in [3.63, 3.8) is 0 Å². The standard InChI is InChI=1S/C55H69N3O26S5/c1-54(2)47(7-5-8-48-55(3,16-6-32-85(62,63)64)53-42-34-38(87(68,69)70)36-46(89(74,75)76)40(42)10-12-44(53)57(48)17-20-77-4)56(43-11-9-39-41(52(43)54)33-37(86(65,66)67)35-45(39)88(71,72)73)18-21-79-23-25-81-27-29-83-31-30-82-28-26-80-24-22-78-19-15-51(61)84-58-49(59)13-14-50(58)60/h5,7-12,33-36H,6,13-32H2,1-4H3,(H4-,62,63,64,65,66,67,68,69,70,71,72,73,74,75,76)/p-4. The molecule has 34 heteroatoms. The van der Waals surface area contributed by atoms with Crippen LogP contribution >= 0.6 is 0 Å². The lowest BCUT2D eigenvalue weighted by molar-refractivity contribution is -0.442. The number of methoxy groups -OCH3 is 1. The summed E-state index contributed by atoms with van der Waals surface area (Å²) in [7, 11) is -25.0. The van der Waals surface area contributed by atoms with Crippen LogP contribution in [0.15, 0.2) is 92.0 Å². The number of carbonyl (C=O) groups is 3. The molecule has 4 aromatic carbocycles. The van der Waals surface area contributed by atoms with Crippen LogP contribution in [0.4, 0.5) is 11.4 Å². The van der Waals surface area contributed by atoms with Gasteiger partial charge in [0.15, 0.2) is 12.3 Å². The van der Waals surface area contributed by atoms with Crippen LogP contribution in [0.25, 0.3) is 21.5 Å². The molecule has 1 saturated heterocycles. The van der Waals surface area contributed by atoms with E-state index in [1.54, 1.807) is 48.5 Å². The van der Waals surface area contributed by atoms with Crippen molar-refractivity contribution in [1.82, 2.24) is 5.06 Å². The highest BCUT2D eigenvalue weighted by Gasteiger charge is 2.47. The number of anilines is 1. The quantitative estimate of drug-likeness (QED) is 0.0276. The fourth-order valence-corrected chi connectivity index (χ4v) is 14.0. The predicted molar refractivity (Wildman–Crippen MR) is 307 cm³/mol. The van der Waals surface area contributed by atoms with Gasteiger partial charge in [0.25, 0.3) is 11.8 Å². The maximum absolute atomic E-state index is 12.7. The van der Waals surface area contributed by atoms with E-state index in [0.29, 0.717) is 45.5 Å². The van der Waals surface area contributed by atoms with Gasteiger partial charge >= 0.3 is 5.97 Å². The Morgan fingerprint density at radius 1 is 0.596 bits per heavy atom. The summed E-state index contributed by atoms with van der Waals surface area (Å²) in [5.74, 6) is -2.77. The summed E-state index contributed by atoms with van der Waals surface area (Å²) in [6, 6.07) is 8.47. The van der Waals surface area contributed by atoms with Gasteiger partial charge in [0.05, 0.1) is 121 Å².